The molecule has 0 aromatic heterocycles. The Balaban J connectivity index is 1.99. The zero-order valence-electron chi connectivity index (χ0n) is 19.1. The van der Waals surface area contributed by atoms with E-state index in [-0.39, 0.29) is 11.5 Å². The highest BCUT2D eigenvalue weighted by atomic mass is 16.4. The van der Waals surface area contributed by atoms with Gasteiger partial charge in [0.2, 0.25) is 5.91 Å². The van der Waals surface area contributed by atoms with Crippen LogP contribution in [-0.4, -0.2) is 21.9 Å². The fraction of sp³-hybridized carbons (Fsp3) is 0.357. The summed E-state index contributed by atoms with van der Waals surface area (Å²) in [4.78, 5) is 25.3. The van der Waals surface area contributed by atoms with Crippen LogP contribution in [0.3, 0.4) is 0 Å². The van der Waals surface area contributed by atoms with Crippen LogP contribution in [0.1, 0.15) is 75.5 Å². The standard InChI is InChI=1S/C28H33NO3/c1-3-4-5-6-7-8-9-11-14-24-17-19-25(20-18-24)21-29(23(2)30)22-27(28(31)32)26-15-12-10-13-16-26/h10,12-13,15-20,22H,3-9,21H2,1-2H3,(H,31,32). The highest BCUT2D eigenvalue weighted by Gasteiger charge is 2.15. The van der Waals surface area contributed by atoms with Gasteiger partial charge in [-0.25, -0.2) is 4.79 Å². The van der Waals surface area contributed by atoms with Gasteiger partial charge in [0.15, 0.2) is 0 Å². The van der Waals surface area contributed by atoms with Gasteiger partial charge in [0, 0.05) is 25.1 Å². The molecule has 2 aromatic rings. The van der Waals surface area contributed by atoms with Crippen molar-refractivity contribution >= 4 is 17.4 Å². The van der Waals surface area contributed by atoms with E-state index in [2.05, 4.69) is 18.8 Å². The van der Waals surface area contributed by atoms with E-state index in [4.69, 9.17) is 0 Å². The molecule has 0 unspecified atom stereocenters. The molecule has 1 amide bonds. The number of carbonyl (C=O) groups is 2. The molecule has 0 aliphatic heterocycles. The molecule has 0 heterocycles. The van der Waals surface area contributed by atoms with Gasteiger partial charge in [-0.3, -0.25) is 4.79 Å². The Kier molecular flexibility index (Phi) is 10.8. The van der Waals surface area contributed by atoms with Crippen LogP contribution in [0.15, 0.2) is 60.8 Å². The summed E-state index contributed by atoms with van der Waals surface area (Å²) in [6, 6.07) is 16.6. The number of unbranched alkanes of at least 4 members (excludes halogenated alkanes) is 6. The smallest absolute Gasteiger partial charge is 0.337 e. The van der Waals surface area contributed by atoms with E-state index in [0.29, 0.717) is 12.1 Å². The minimum absolute atomic E-state index is 0.0815. The molecule has 0 aliphatic carbocycles. The Labute approximate surface area is 192 Å². The second-order valence-electron chi connectivity index (χ2n) is 7.88. The number of benzene rings is 2. The lowest BCUT2D eigenvalue weighted by Gasteiger charge is -2.18. The number of nitrogens with zero attached hydrogens (tertiary/aromatic N) is 1. The molecule has 0 atom stereocenters. The quantitative estimate of drug-likeness (QED) is 0.259. The van der Waals surface area contributed by atoms with Crippen molar-refractivity contribution in [3.05, 3.63) is 77.5 Å². The molecule has 0 saturated carbocycles. The summed E-state index contributed by atoms with van der Waals surface area (Å²) in [7, 11) is 0. The number of hydrogen-bond acceptors (Lipinski definition) is 2. The second kappa shape index (κ2) is 13.9. The minimum atomic E-state index is -1.07. The van der Waals surface area contributed by atoms with Crippen LogP contribution in [0, 0.1) is 11.8 Å². The van der Waals surface area contributed by atoms with Crippen molar-refractivity contribution in [3.63, 3.8) is 0 Å². The van der Waals surface area contributed by atoms with Gasteiger partial charge in [0.05, 0.1) is 12.1 Å². The first-order chi connectivity index (χ1) is 15.5. The summed E-state index contributed by atoms with van der Waals surface area (Å²) in [6.07, 6.45) is 9.90. The van der Waals surface area contributed by atoms with Crippen LogP contribution in [0.2, 0.25) is 0 Å². The topological polar surface area (TPSA) is 57.6 Å². The molecule has 0 fully saturated rings. The first kappa shape index (κ1) is 24.9. The third kappa shape index (κ3) is 8.81. The van der Waals surface area contributed by atoms with Gasteiger partial charge < -0.3 is 10.0 Å². The molecule has 4 heteroatoms. The Bertz CT molecular complexity index is 950. The number of carboxylic acids is 1. The zero-order valence-corrected chi connectivity index (χ0v) is 19.1. The molecule has 0 bridgehead atoms. The van der Waals surface area contributed by atoms with E-state index < -0.39 is 5.97 Å². The summed E-state index contributed by atoms with van der Waals surface area (Å²) in [5.74, 6) is 5.15. The SMILES string of the molecule is CCCCCCCCC#Cc1ccc(CN(C=C(C(=O)O)c2ccccc2)C(C)=O)cc1. The average molecular weight is 432 g/mol. The lowest BCUT2D eigenvalue weighted by Crippen LogP contribution is -2.23. The highest BCUT2D eigenvalue weighted by Crippen LogP contribution is 2.17. The monoisotopic (exact) mass is 431 g/mol. The molecule has 0 aliphatic rings. The number of carboxylic acid groups (broad SMARTS) is 1. The average Bonchev–Trinajstić information content (AvgIpc) is 2.79. The van der Waals surface area contributed by atoms with Gasteiger partial charge in [0.1, 0.15) is 0 Å². The summed E-state index contributed by atoms with van der Waals surface area (Å²) in [5.41, 5.74) is 2.50. The number of amides is 1. The van der Waals surface area contributed by atoms with E-state index in [1.54, 1.807) is 24.3 Å². The Hall–Kier alpha value is -3.32. The third-order valence-corrected chi connectivity index (χ3v) is 5.20. The maximum Gasteiger partial charge on any atom is 0.337 e. The zero-order chi connectivity index (χ0) is 23.2. The summed E-state index contributed by atoms with van der Waals surface area (Å²) < 4.78 is 0. The van der Waals surface area contributed by atoms with Crippen LogP contribution in [0.5, 0.6) is 0 Å². The van der Waals surface area contributed by atoms with Gasteiger partial charge >= 0.3 is 5.97 Å². The number of hydrogen-bond donors (Lipinski definition) is 1. The van der Waals surface area contributed by atoms with Crippen LogP contribution in [0.4, 0.5) is 0 Å². The van der Waals surface area contributed by atoms with Crippen molar-refractivity contribution < 1.29 is 14.7 Å². The third-order valence-electron chi connectivity index (χ3n) is 5.20. The molecular weight excluding hydrogens is 398 g/mol. The molecule has 168 valence electrons. The van der Waals surface area contributed by atoms with E-state index in [1.807, 2.05) is 30.3 Å². The van der Waals surface area contributed by atoms with E-state index in [9.17, 15) is 14.7 Å². The van der Waals surface area contributed by atoms with Crippen molar-refractivity contribution in [1.29, 1.82) is 0 Å². The molecule has 0 saturated heterocycles. The van der Waals surface area contributed by atoms with Crippen molar-refractivity contribution in [2.45, 2.75) is 65.3 Å². The predicted molar refractivity (Wildman–Crippen MR) is 130 cm³/mol. The number of aliphatic carboxylic acids is 1. The van der Waals surface area contributed by atoms with Crippen molar-refractivity contribution in [3.8, 4) is 11.8 Å². The molecular formula is C28H33NO3. The maximum absolute atomic E-state index is 12.2. The van der Waals surface area contributed by atoms with E-state index in [1.165, 1.54) is 50.1 Å². The van der Waals surface area contributed by atoms with Gasteiger partial charge in [0.25, 0.3) is 0 Å². The molecule has 4 nitrogen and oxygen atoms in total. The minimum Gasteiger partial charge on any atom is -0.478 e. The van der Waals surface area contributed by atoms with Gasteiger partial charge in [-0.1, -0.05) is 93.3 Å². The highest BCUT2D eigenvalue weighted by molar-refractivity contribution is 6.15. The van der Waals surface area contributed by atoms with Crippen LogP contribution < -0.4 is 0 Å². The Morgan fingerprint density at radius 3 is 2.22 bits per heavy atom. The Morgan fingerprint density at radius 2 is 1.59 bits per heavy atom. The molecule has 0 radical (unpaired) electrons. The normalized spacial score (nSPS) is 10.9. The fourth-order valence-corrected chi connectivity index (χ4v) is 3.32. The summed E-state index contributed by atoms with van der Waals surface area (Å²) in [6.45, 7) is 3.95. The predicted octanol–water partition coefficient (Wildman–Crippen LogP) is 6.26. The van der Waals surface area contributed by atoms with Crippen molar-refractivity contribution in [2.24, 2.45) is 0 Å². The molecule has 2 aromatic carbocycles. The van der Waals surface area contributed by atoms with Gasteiger partial charge in [-0.2, -0.15) is 0 Å². The number of carbonyl (C=O) groups excluding carboxylic acids is 1. The lowest BCUT2D eigenvalue weighted by atomic mass is 10.1. The molecule has 2 rings (SSSR count). The number of rotatable bonds is 11. The van der Waals surface area contributed by atoms with Crippen LogP contribution in [-0.2, 0) is 16.1 Å². The first-order valence-corrected chi connectivity index (χ1v) is 11.4. The molecule has 32 heavy (non-hydrogen) atoms. The van der Waals surface area contributed by atoms with Gasteiger partial charge in [-0.15, -0.1) is 0 Å². The first-order valence-electron chi connectivity index (χ1n) is 11.4. The van der Waals surface area contributed by atoms with E-state index >= 15 is 0 Å². The fourth-order valence-electron chi connectivity index (χ4n) is 3.32. The second-order valence-corrected chi connectivity index (χ2v) is 7.88. The largest absolute Gasteiger partial charge is 0.478 e. The van der Waals surface area contributed by atoms with Crippen LogP contribution in [0.25, 0.3) is 5.57 Å². The Morgan fingerprint density at radius 1 is 0.938 bits per heavy atom. The lowest BCUT2D eigenvalue weighted by molar-refractivity contribution is -0.130. The van der Waals surface area contributed by atoms with Crippen molar-refractivity contribution in [1.82, 2.24) is 4.90 Å². The summed E-state index contributed by atoms with van der Waals surface area (Å²) >= 11 is 0. The molecule has 0 spiro atoms. The maximum atomic E-state index is 12.2. The van der Waals surface area contributed by atoms with Gasteiger partial charge in [-0.05, 0) is 29.7 Å². The van der Waals surface area contributed by atoms with Crippen LogP contribution >= 0.6 is 0 Å². The molecule has 1 N–H and O–H groups in total. The van der Waals surface area contributed by atoms with Crippen molar-refractivity contribution in [2.75, 3.05) is 0 Å². The summed E-state index contributed by atoms with van der Waals surface area (Å²) in [5, 5.41) is 9.61. The van der Waals surface area contributed by atoms with E-state index in [0.717, 1.165) is 24.0 Å².